The maximum atomic E-state index is 14.5. The van der Waals surface area contributed by atoms with Crippen LogP contribution in [0.2, 0.25) is 5.02 Å². The monoisotopic (exact) mass is 436 g/mol. The van der Waals surface area contributed by atoms with Gasteiger partial charge in [0.15, 0.2) is 0 Å². The number of hydrogen-bond acceptors (Lipinski definition) is 3. The smallest absolute Gasteiger partial charge is 0.292 e. The molecule has 0 aliphatic carbocycles. The summed E-state index contributed by atoms with van der Waals surface area (Å²) in [7, 11) is 0.861. The van der Waals surface area contributed by atoms with Gasteiger partial charge in [0, 0.05) is 23.3 Å². The topological polar surface area (TPSA) is 44.0 Å². The van der Waals surface area contributed by atoms with Crippen molar-refractivity contribution in [2.45, 2.75) is 36.6 Å². The molecule has 1 aromatic heterocycles. The molecule has 0 saturated heterocycles. The molecule has 0 aliphatic rings. The van der Waals surface area contributed by atoms with Crippen LogP contribution in [-0.2, 0) is 13.2 Å². The van der Waals surface area contributed by atoms with Crippen molar-refractivity contribution < 1.29 is 17.6 Å². The predicted octanol–water partition coefficient (Wildman–Crippen LogP) is 4.79. The van der Waals surface area contributed by atoms with Gasteiger partial charge >= 0.3 is 11.9 Å². The van der Waals surface area contributed by atoms with E-state index in [1.807, 2.05) is 13.8 Å². The standard InChI is InChI=1S/C18H17ClF4N2O2S/c1-9(2)5-10(3)28-14-7-13(12(20)6-11(14)19)25-16(26)8-15(18(21,22)23)24(4)17(25)27/h6-8,10H,1,5H2,2-4H3. The number of alkyl halides is 3. The first-order chi connectivity index (χ1) is 12.8. The van der Waals surface area contributed by atoms with Gasteiger partial charge in [0.1, 0.15) is 11.5 Å². The van der Waals surface area contributed by atoms with E-state index in [0.29, 0.717) is 15.9 Å². The Morgan fingerprint density at radius 1 is 1.29 bits per heavy atom. The van der Waals surface area contributed by atoms with E-state index >= 15 is 0 Å². The lowest BCUT2D eigenvalue weighted by atomic mass is 10.2. The van der Waals surface area contributed by atoms with Gasteiger partial charge in [-0.1, -0.05) is 24.1 Å². The molecule has 1 unspecified atom stereocenters. The van der Waals surface area contributed by atoms with Crippen molar-refractivity contribution in [1.82, 2.24) is 9.13 Å². The summed E-state index contributed by atoms with van der Waals surface area (Å²) in [5, 5.41) is 0.0806. The molecule has 2 aromatic rings. The van der Waals surface area contributed by atoms with Gasteiger partial charge in [-0.15, -0.1) is 18.3 Å². The highest BCUT2D eigenvalue weighted by Gasteiger charge is 2.35. The quantitative estimate of drug-likeness (QED) is 0.384. The summed E-state index contributed by atoms with van der Waals surface area (Å²) >= 11 is 7.34. The van der Waals surface area contributed by atoms with E-state index in [2.05, 4.69) is 6.58 Å². The first-order valence-electron chi connectivity index (χ1n) is 8.03. The number of halogens is 5. The second kappa shape index (κ2) is 8.16. The Hall–Kier alpha value is -2.00. The van der Waals surface area contributed by atoms with Crippen molar-refractivity contribution in [1.29, 1.82) is 0 Å². The van der Waals surface area contributed by atoms with E-state index in [0.717, 1.165) is 18.7 Å². The zero-order chi connectivity index (χ0) is 21.4. The summed E-state index contributed by atoms with van der Waals surface area (Å²) in [5.41, 5.74) is -3.56. The molecular weight excluding hydrogens is 420 g/mol. The van der Waals surface area contributed by atoms with Crippen molar-refractivity contribution in [2.24, 2.45) is 7.05 Å². The van der Waals surface area contributed by atoms with Crippen LogP contribution in [0, 0.1) is 5.82 Å². The van der Waals surface area contributed by atoms with Gasteiger partial charge in [-0.05, 0) is 25.5 Å². The molecule has 0 bridgehead atoms. The van der Waals surface area contributed by atoms with Crippen LogP contribution in [-0.4, -0.2) is 14.4 Å². The van der Waals surface area contributed by atoms with E-state index in [-0.39, 0.29) is 20.9 Å². The van der Waals surface area contributed by atoms with Gasteiger partial charge in [0.05, 0.1) is 10.7 Å². The lowest BCUT2D eigenvalue weighted by Crippen LogP contribution is -2.41. The van der Waals surface area contributed by atoms with Crippen LogP contribution in [0.15, 0.2) is 44.8 Å². The number of aromatic nitrogens is 2. The molecule has 1 aromatic carbocycles. The molecule has 1 heterocycles. The summed E-state index contributed by atoms with van der Waals surface area (Å²) in [6, 6.07) is 2.37. The van der Waals surface area contributed by atoms with Gasteiger partial charge in [-0.3, -0.25) is 9.36 Å². The summed E-state index contributed by atoms with van der Waals surface area (Å²) in [4.78, 5) is 25.0. The van der Waals surface area contributed by atoms with Crippen molar-refractivity contribution in [3.63, 3.8) is 0 Å². The molecule has 0 aliphatic heterocycles. The fraction of sp³-hybridized carbons (Fsp3) is 0.333. The Morgan fingerprint density at radius 2 is 1.89 bits per heavy atom. The highest BCUT2D eigenvalue weighted by molar-refractivity contribution is 8.00. The third-order valence-electron chi connectivity index (χ3n) is 3.82. The highest BCUT2D eigenvalue weighted by Crippen LogP contribution is 2.35. The normalized spacial score (nSPS) is 12.9. The van der Waals surface area contributed by atoms with Crippen LogP contribution in [0.4, 0.5) is 17.6 Å². The Kier molecular flexibility index (Phi) is 6.50. The summed E-state index contributed by atoms with van der Waals surface area (Å²) in [6.45, 7) is 7.55. The molecule has 10 heteroatoms. The third kappa shape index (κ3) is 4.70. The molecule has 152 valence electrons. The summed E-state index contributed by atoms with van der Waals surface area (Å²) < 4.78 is 54.0. The molecular formula is C18H17ClF4N2O2S. The van der Waals surface area contributed by atoms with E-state index in [9.17, 15) is 27.2 Å². The van der Waals surface area contributed by atoms with Crippen molar-refractivity contribution in [2.75, 3.05) is 0 Å². The average molecular weight is 437 g/mol. The van der Waals surface area contributed by atoms with Gasteiger partial charge in [-0.2, -0.15) is 13.2 Å². The Labute approximate surface area is 167 Å². The van der Waals surface area contributed by atoms with Crippen molar-refractivity contribution in [3.05, 3.63) is 67.7 Å². The van der Waals surface area contributed by atoms with Crippen LogP contribution in [0.1, 0.15) is 26.0 Å². The molecule has 0 N–H and O–H groups in total. The highest BCUT2D eigenvalue weighted by atomic mass is 35.5. The Balaban J connectivity index is 2.65. The van der Waals surface area contributed by atoms with Gasteiger partial charge in [0.25, 0.3) is 5.56 Å². The number of nitrogens with zero attached hydrogens (tertiary/aromatic N) is 2. The minimum atomic E-state index is -4.90. The molecule has 0 spiro atoms. The molecule has 1 atom stereocenters. The van der Waals surface area contributed by atoms with Crippen LogP contribution in [0.25, 0.3) is 5.69 Å². The molecule has 0 saturated carbocycles. The number of rotatable bonds is 5. The van der Waals surface area contributed by atoms with E-state index in [1.54, 1.807) is 0 Å². The number of hydrogen-bond donors (Lipinski definition) is 0. The Bertz CT molecular complexity index is 1040. The molecule has 28 heavy (non-hydrogen) atoms. The average Bonchev–Trinajstić information content (AvgIpc) is 2.53. The van der Waals surface area contributed by atoms with Gasteiger partial charge in [-0.25, -0.2) is 13.8 Å². The zero-order valence-corrected chi connectivity index (χ0v) is 16.8. The lowest BCUT2D eigenvalue weighted by molar-refractivity contribution is -0.144. The minimum Gasteiger partial charge on any atom is -0.292 e. The maximum absolute atomic E-state index is 14.5. The summed E-state index contributed by atoms with van der Waals surface area (Å²) in [5.74, 6) is -0.999. The summed E-state index contributed by atoms with van der Waals surface area (Å²) in [6.07, 6.45) is -4.25. The molecule has 4 nitrogen and oxygen atoms in total. The van der Waals surface area contributed by atoms with Crippen molar-refractivity contribution >= 4 is 23.4 Å². The van der Waals surface area contributed by atoms with Gasteiger partial charge < -0.3 is 0 Å². The first kappa shape index (κ1) is 22.3. The van der Waals surface area contributed by atoms with Crippen LogP contribution < -0.4 is 11.2 Å². The van der Waals surface area contributed by atoms with E-state index < -0.39 is 34.6 Å². The molecule has 2 rings (SSSR count). The largest absolute Gasteiger partial charge is 0.431 e. The first-order valence-corrected chi connectivity index (χ1v) is 9.29. The number of benzene rings is 1. The number of thioether (sulfide) groups is 1. The van der Waals surface area contributed by atoms with Crippen LogP contribution in [0.3, 0.4) is 0 Å². The molecule has 0 radical (unpaired) electrons. The van der Waals surface area contributed by atoms with E-state index in [4.69, 9.17) is 11.6 Å². The molecule has 0 amide bonds. The number of allylic oxidation sites excluding steroid dienone is 1. The zero-order valence-electron chi connectivity index (χ0n) is 15.2. The second-order valence-corrected chi connectivity index (χ2v) is 8.25. The van der Waals surface area contributed by atoms with Gasteiger partial charge in [0.2, 0.25) is 0 Å². The molecule has 0 fully saturated rings. The third-order valence-corrected chi connectivity index (χ3v) is 5.40. The van der Waals surface area contributed by atoms with Crippen molar-refractivity contribution in [3.8, 4) is 5.69 Å². The van der Waals surface area contributed by atoms with E-state index in [1.165, 1.54) is 17.8 Å². The van der Waals surface area contributed by atoms with Crippen LogP contribution in [0.5, 0.6) is 0 Å². The minimum absolute atomic E-state index is 0.0143. The fourth-order valence-electron chi connectivity index (χ4n) is 2.65. The maximum Gasteiger partial charge on any atom is 0.431 e. The second-order valence-electron chi connectivity index (χ2n) is 6.37. The lowest BCUT2D eigenvalue weighted by Gasteiger charge is -2.16. The van der Waals surface area contributed by atoms with Crippen LogP contribution >= 0.6 is 23.4 Å². The SMILES string of the molecule is C=C(C)CC(C)Sc1cc(-n2c(=O)cc(C(F)(F)F)n(C)c2=O)c(F)cc1Cl. The fourth-order valence-corrected chi connectivity index (χ4v) is 4.09. The predicted molar refractivity (Wildman–Crippen MR) is 102 cm³/mol. The Morgan fingerprint density at radius 3 is 2.43 bits per heavy atom.